The van der Waals surface area contributed by atoms with Crippen molar-refractivity contribution in [2.45, 2.75) is 6.54 Å². The van der Waals surface area contributed by atoms with Crippen molar-refractivity contribution in [3.63, 3.8) is 0 Å². The van der Waals surface area contributed by atoms with E-state index in [1.165, 1.54) is 12.1 Å². The molecule has 1 saturated heterocycles. The number of carbonyl (C=O) groups is 1. The van der Waals surface area contributed by atoms with E-state index in [4.69, 9.17) is 16.3 Å². The summed E-state index contributed by atoms with van der Waals surface area (Å²) in [4.78, 5) is 38.2. The first kappa shape index (κ1) is 23.4. The average Bonchev–Trinajstić information content (AvgIpc) is 2.83. The van der Waals surface area contributed by atoms with E-state index in [2.05, 4.69) is 4.90 Å². The molecule has 0 atom stereocenters. The summed E-state index contributed by atoms with van der Waals surface area (Å²) in [6, 6.07) is 14.7. The van der Waals surface area contributed by atoms with Crippen LogP contribution in [-0.4, -0.2) is 58.3 Å². The monoisotopic (exact) mass is 484 g/mol. The van der Waals surface area contributed by atoms with Crippen LogP contribution in [0.1, 0.15) is 5.56 Å². The lowest BCUT2D eigenvalue weighted by Gasteiger charge is -2.34. The Balaban J connectivity index is 1.43. The lowest BCUT2D eigenvalue weighted by atomic mass is 10.1. The predicted molar refractivity (Wildman–Crippen MR) is 126 cm³/mol. The summed E-state index contributed by atoms with van der Waals surface area (Å²) in [5.41, 5.74) is 0.189. The Kier molecular flexibility index (Phi) is 6.90. The first-order valence-electron chi connectivity index (χ1n) is 10.6. The fraction of sp³-hybridized carbons (Fsp3) is 0.261. The average molecular weight is 485 g/mol. The largest absolute Gasteiger partial charge is 0.476 e. The summed E-state index contributed by atoms with van der Waals surface area (Å²) >= 11 is 5.93. The highest BCUT2D eigenvalue weighted by atomic mass is 35.5. The summed E-state index contributed by atoms with van der Waals surface area (Å²) < 4.78 is 5.61. The number of hydrogen-bond donors (Lipinski definition) is 0. The van der Waals surface area contributed by atoms with Gasteiger partial charge in [-0.15, -0.1) is 0 Å². The second-order valence-electron chi connectivity index (χ2n) is 7.88. The zero-order valence-corrected chi connectivity index (χ0v) is 18.8. The van der Waals surface area contributed by atoms with Gasteiger partial charge in [0.25, 0.3) is 11.6 Å². The van der Waals surface area contributed by atoms with Crippen molar-refractivity contribution in [1.29, 1.82) is 0 Å². The van der Waals surface area contributed by atoms with Gasteiger partial charge >= 0.3 is 5.69 Å². The van der Waals surface area contributed by atoms with Gasteiger partial charge in [0, 0.05) is 43.1 Å². The lowest BCUT2D eigenvalue weighted by Crippen LogP contribution is -2.49. The third-order valence-corrected chi connectivity index (χ3v) is 5.98. The standard InChI is InChI=1S/C23H21ClN4O6/c24-17-7-5-16(6-8-17)14-25-9-11-26(12-10-25)22(29)15-34-23-19-4-2-1-3-18(19)20(27(30)31)13-21(23)28(32)33/h1-8,13H,9-12,14-15H2. The Bertz CT molecular complexity index is 1240. The fourth-order valence-corrected chi connectivity index (χ4v) is 4.11. The molecule has 0 spiro atoms. The van der Waals surface area contributed by atoms with Gasteiger partial charge in [-0.2, -0.15) is 0 Å². The number of amides is 1. The first-order chi connectivity index (χ1) is 16.3. The maximum Gasteiger partial charge on any atom is 0.318 e. The molecule has 0 N–H and O–H groups in total. The van der Waals surface area contributed by atoms with Crippen molar-refractivity contribution >= 4 is 39.7 Å². The van der Waals surface area contributed by atoms with Crippen molar-refractivity contribution in [3.8, 4) is 5.75 Å². The molecular weight excluding hydrogens is 464 g/mol. The summed E-state index contributed by atoms with van der Waals surface area (Å²) in [5, 5.41) is 24.1. The molecule has 1 amide bonds. The van der Waals surface area contributed by atoms with E-state index < -0.39 is 27.8 Å². The zero-order valence-electron chi connectivity index (χ0n) is 18.1. The highest BCUT2D eigenvalue weighted by Crippen LogP contribution is 2.41. The smallest absolute Gasteiger partial charge is 0.318 e. The van der Waals surface area contributed by atoms with Crippen LogP contribution in [0.25, 0.3) is 10.8 Å². The SMILES string of the molecule is O=C(COc1c([N+](=O)[O-])cc([N+](=O)[O-])c2ccccc12)N1CCN(Cc2ccc(Cl)cc2)CC1. The van der Waals surface area contributed by atoms with Crippen molar-refractivity contribution in [2.75, 3.05) is 32.8 Å². The molecule has 0 saturated carbocycles. The van der Waals surface area contributed by atoms with Crippen LogP contribution in [0, 0.1) is 20.2 Å². The molecule has 1 fully saturated rings. The van der Waals surface area contributed by atoms with E-state index in [9.17, 15) is 25.0 Å². The molecule has 0 aliphatic carbocycles. The van der Waals surface area contributed by atoms with Crippen LogP contribution in [0.3, 0.4) is 0 Å². The van der Waals surface area contributed by atoms with Crippen molar-refractivity contribution < 1.29 is 19.4 Å². The maximum absolute atomic E-state index is 12.8. The van der Waals surface area contributed by atoms with Crippen molar-refractivity contribution in [1.82, 2.24) is 9.80 Å². The summed E-state index contributed by atoms with van der Waals surface area (Å²) in [6.45, 7) is 2.69. The van der Waals surface area contributed by atoms with Gasteiger partial charge in [0.2, 0.25) is 5.75 Å². The van der Waals surface area contributed by atoms with Gasteiger partial charge in [0.15, 0.2) is 6.61 Å². The van der Waals surface area contributed by atoms with E-state index in [1.54, 1.807) is 17.0 Å². The van der Waals surface area contributed by atoms with Crippen LogP contribution in [0.5, 0.6) is 5.75 Å². The molecule has 1 heterocycles. The van der Waals surface area contributed by atoms with Crippen LogP contribution in [0.4, 0.5) is 11.4 Å². The zero-order chi connectivity index (χ0) is 24.2. The highest BCUT2D eigenvalue weighted by molar-refractivity contribution is 6.30. The number of benzene rings is 3. The molecule has 1 aliphatic rings. The number of carbonyl (C=O) groups excluding carboxylic acids is 1. The fourth-order valence-electron chi connectivity index (χ4n) is 3.98. The number of piperazine rings is 1. The van der Waals surface area contributed by atoms with E-state index in [1.807, 2.05) is 24.3 Å². The number of non-ortho nitro benzene ring substituents is 1. The third-order valence-electron chi connectivity index (χ3n) is 5.73. The number of hydrogen-bond acceptors (Lipinski definition) is 7. The molecule has 11 heteroatoms. The van der Waals surface area contributed by atoms with Crippen LogP contribution >= 0.6 is 11.6 Å². The molecule has 3 aromatic rings. The minimum atomic E-state index is -0.741. The molecule has 34 heavy (non-hydrogen) atoms. The summed E-state index contributed by atoms with van der Waals surface area (Å²) in [5.74, 6) is -0.455. The highest BCUT2D eigenvalue weighted by Gasteiger charge is 2.28. The number of nitro benzene ring substituents is 2. The Hall–Kier alpha value is -3.76. The minimum absolute atomic E-state index is 0.152. The number of fused-ring (bicyclic) bond motifs is 1. The van der Waals surface area contributed by atoms with Gasteiger partial charge in [0.1, 0.15) is 0 Å². The Morgan fingerprint density at radius 1 is 0.912 bits per heavy atom. The molecule has 0 aromatic heterocycles. The van der Waals surface area contributed by atoms with Crippen LogP contribution in [0.2, 0.25) is 5.02 Å². The summed E-state index contributed by atoms with van der Waals surface area (Å²) in [6.07, 6.45) is 0. The number of halogens is 1. The number of nitro groups is 2. The second-order valence-corrected chi connectivity index (χ2v) is 8.31. The van der Waals surface area contributed by atoms with Crippen molar-refractivity contribution in [3.05, 3.63) is 85.4 Å². The molecule has 1 aliphatic heterocycles. The molecule has 0 radical (unpaired) electrons. The van der Waals surface area contributed by atoms with Gasteiger partial charge in [0.05, 0.1) is 21.3 Å². The number of nitrogens with zero attached hydrogens (tertiary/aromatic N) is 4. The predicted octanol–water partition coefficient (Wildman–Crippen LogP) is 4.03. The van der Waals surface area contributed by atoms with Gasteiger partial charge in [-0.05, 0) is 23.8 Å². The Labute approximate surface area is 199 Å². The Morgan fingerprint density at radius 2 is 1.53 bits per heavy atom. The molecular formula is C23H21ClN4O6. The quantitative estimate of drug-likeness (QED) is 0.366. The van der Waals surface area contributed by atoms with Crippen LogP contribution in [-0.2, 0) is 11.3 Å². The minimum Gasteiger partial charge on any atom is -0.476 e. The first-order valence-corrected chi connectivity index (χ1v) is 10.9. The molecule has 0 unspecified atom stereocenters. The molecule has 4 rings (SSSR count). The van der Waals surface area contributed by atoms with Gasteiger partial charge in [-0.25, -0.2) is 0 Å². The maximum atomic E-state index is 12.8. The van der Waals surface area contributed by atoms with Gasteiger partial charge in [-0.3, -0.25) is 29.9 Å². The van der Waals surface area contributed by atoms with Crippen LogP contribution in [0.15, 0.2) is 54.6 Å². The van der Waals surface area contributed by atoms with E-state index >= 15 is 0 Å². The van der Waals surface area contributed by atoms with Gasteiger partial charge < -0.3 is 9.64 Å². The normalized spacial score (nSPS) is 14.2. The lowest BCUT2D eigenvalue weighted by molar-refractivity contribution is -0.393. The van der Waals surface area contributed by atoms with Gasteiger partial charge in [-0.1, -0.05) is 41.9 Å². The topological polar surface area (TPSA) is 119 Å². The van der Waals surface area contributed by atoms with Crippen LogP contribution < -0.4 is 4.74 Å². The Morgan fingerprint density at radius 3 is 2.15 bits per heavy atom. The van der Waals surface area contributed by atoms with E-state index in [0.717, 1.165) is 18.2 Å². The van der Waals surface area contributed by atoms with Crippen molar-refractivity contribution in [2.24, 2.45) is 0 Å². The third kappa shape index (κ3) is 5.08. The second kappa shape index (κ2) is 10.0. The summed E-state index contributed by atoms with van der Waals surface area (Å²) in [7, 11) is 0. The number of ether oxygens (including phenoxy) is 1. The van der Waals surface area contributed by atoms with E-state index in [-0.39, 0.29) is 22.4 Å². The van der Waals surface area contributed by atoms with E-state index in [0.29, 0.717) is 31.2 Å². The number of rotatable bonds is 7. The molecule has 176 valence electrons. The molecule has 0 bridgehead atoms. The molecule has 3 aromatic carbocycles. The molecule has 10 nitrogen and oxygen atoms in total.